The first-order chi connectivity index (χ1) is 50.4. The van der Waals surface area contributed by atoms with E-state index in [-0.39, 0.29) is 18.6 Å². The fourth-order valence-electron chi connectivity index (χ4n) is 13.8. The van der Waals surface area contributed by atoms with E-state index in [1.807, 2.05) is 54.6 Å². The number of aliphatic hydroxyl groups excluding tert-OH is 2. The number of benzene rings is 11. The van der Waals surface area contributed by atoms with Crippen LogP contribution in [0.1, 0.15) is 133 Å². The summed E-state index contributed by atoms with van der Waals surface area (Å²) < 4.78 is 11.7. The molecular weight excluding hydrogens is 1330 g/mol. The average molecular weight is 1430 g/mol. The van der Waals surface area contributed by atoms with Crippen LogP contribution in [0.15, 0.2) is 277 Å². The molecule has 9 nitrogen and oxygen atoms in total. The molecule has 105 heavy (non-hydrogen) atoms. The molecule has 1 heterocycles. The maximum Gasteiger partial charge on any atom is 0.206 e. The lowest BCUT2D eigenvalue weighted by atomic mass is 9.83. The number of ether oxygens (including phenoxy) is 2. The third kappa shape index (κ3) is 21.6. The molecule has 0 radical (unpaired) electrons. The summed E-state index contributed by atoms with van der Waals surface area (Å²) in [7, 11) is 3.05. The van der Waals surface area contributed by atoms with Crippen LogP contribution in [-0.2, 0) is 23.5 Å². The standard InChI is InChI=1S/C29H30P2.C27H30N2O2.C24H32N2.C14H14O3/c1-24(30(26-15-7-3-8-16-26)27-17-9-4-10-18-27)23-25(2)31(28-19-11-5-12-20-28)29-21-13-6-14-22-29;1-17-12-18(2)14-20(13-17)22-15-21(27(3,4)5)16-23(24(22)30-6)26-28-25(29-31-26)19-10-8-7-9-11-19;1-15-10-17(3)23(18(4)11-15)25-21(7)14-22(8)26(9)24-19(5)12-16(2)13-20(24)6;15-9-11-5-1-3-7-13(11)17-14-8-4-2-6-12(14)10-16/h3-22,24-25H,23H2,1-2H3;7-16,26H,1-6H3,(H,28,29);10-14H,1-9H3;1-8,15-16H,9-10H2/b;;22-14-,25-21?;. The third-order valence-corrected chi connectivity index (χ3v) is 24.2. The van der Waals surface area contributed by atoms with E-state index in [2.05, 4.69) is 303 Å². The SMILES string of the molecule is CC(/C=C(/C)N(C)c1c(C)cc(C)cc1C)=Nc1c(C)cc(C)cc1C.CC(CC(C)P(c1ccccc1)c1ccccc1)P(c1ccccc1)c1ccccc1.COc1c(-c2cc(C)cc(C)c2)cc(C(C)(C)C)cc1C1N=C(c2ccccc2)NO1.OCc1ccccc1Oc1ccccc1CO. The maximum atomic E-state index is 9.19. The molecule has 3 atom stereocenters. The molecule has 1 aliphatic rings. The van der Waals surface area contributed by atoms with Crippen LogP contribution in [0.25, 0.3) is 11.1 Å². The predicted molar refractivity (Wildman–Crippen MR) is 449 cm³/mol. The predicted octanol–water partition coefficient (Wildman–Crippen LogP) is 21.8. The Hall–Kier alpha value is -9.56. The van der Waals surface area contributed by atoms with E-state index in [0.29, 0.717) is 22.8 Å². The number of methoxy groups -OCH3 is 1. The first-order valence-corrected chi connectivity index (χ1v) is 39.1. The number of aliphatic imine (C=N–C) groups is 2. The molecule has 0 aromatic heterocycles. The van der Waals surface area contributed by atoms with Crippen molar-refractivity contribution in [3.05, 3.63) is 339 Å². The van der Waals surface area contributed by atoms with Gasteiger partial charge in [0.2, 0.25) is 6.23 Å². The van der Waals surface area contributed by atoms with Gasteiger partial charge in [0.05, 0.1) is 26.0 Å². The summed E-state index contributed by atoms with van der Waals surface area (Å²) in [4.78, 5) is 17.9. The maximum absolute atomic E-state index is 9.19. The molecule has 11 heteroatoms. The van der Waals surface area contributed by atoms with Gasteiger partial charge in [-0.15, -0.1) is 0 Å². The van der Waals surface area contributed by atoms with Crippen LogP contribution in [0.4, 0.5) is 11.4 Å². The van der Waals surface area contributed by atoms with Crippen LogP contribution in [0, 0.1) is 55.4 Å². The van der Waals surface area contributed by atoms with Gasteiger partial charge < -0.3 is 24.6 Å². The minimum absolute atomic E-state index is 0.0351. The van der Waals surface area contributed by atoms with E-state index in [1.165, 1.54) is 89.1 Å². The molecule has 3 unspecified atom stereocenters. The Bertz CT molecular complexity index is 4450. The number of para-hydroxylation sites is 2. The highest BCUT2D eigenvalue weighted by Crippen LogP contribution is 2.48. The fraction of sp³-hybridized carbons (Fsp3) is 0.255. The number of nitrogens with one attached hydrogen (secondary N) is 1. The molecule has 0 fully saturated rings. The molecule has 0 bridgehead atoms. The summed E-state index contributed by atoms with van der Waals surface area (Å²) in [6.45, 7) is 32.8. The van der Waals surface area contributed by atoms with Crippen LogP contribution in [0.5, 0.6) is 17.2 Å². The van der Waals surface area contributed by atoms with E-state index in [0.717, 1.165) is 56.4 Å². The second kappa shape index (κ2) is 37.9. The number of hydroxylamine groups is 1. The highest BCUT2D eigenvalue weighted by molar-refractivity contribution is 7.74. The van der Waals surface area contributed by atoms with Gasteiger partial charge in [0.25, 0.3) is 0 Å². The number of nitrogens with zero attached hydrogens (tertiary/aromatic N) is 3. The minimum Gasteiger partial charge on any atom is -0.496 e. The van der Waals surface area contributed by atoms with Crippen molar-refractivity contribution < 1.29 is 24.5 Å². The smallest absolute Gasteiger partial charge is 0.206 e. The van der Waals surface area contributed by atoms with Crippen molar-refractivity contribution in [2.24, 2.45) is 9.98 Å². The van der Waals surface area contributed by atoms with Crippen LogP contribution >= 0.6 is 15.8 Å². The monoisotopic (exact) mass is 1430 g/mol. The van der Waals surface area contributed by atoms with Crippen LogP contribution in [-0.4, -0.2) is 47.2 Å². The Morgan fingerprint density at radius 3 is 1.35 bits per heavy atom. The topological polar surface area (TPSA) is 108 Å². The van der Waals surface area contributed by atoms with Gasteiger partial charge in [-0.2, -0.15) is 0 Å². The Kier molecular flexibility index (Phi) is 28.7. The number of anilines is 1. The molecule has 0 aliphatic carbocycles. The first kappa shape index (κ1) is 79.6. The van der Waals surface area contributed by atoms with Crippen molar-refractivity contribution in [3.8, 4) is 28.4 Å². The summed E-state index contributed by atoms with van der Waals surface area (Å²) in [5.74, 6) is 2.73. The van der Waals surface area contributed by atoms with E-state index in [4.69, 9.17) is 24.3 Å². The van der Waals surface area contributed by atoms with Crippen LogP contribution in [0.3, 0.4) is 0 Å². The van der Waals surface area contributed by atoms with Gasteiger partial charge >= 0.3 is 0 Å². The van der Waals surface area contributed by atoms with Crippen molar-refractivity contribution in [1.29, 1.82) is 0 Å². The van der Waals surface area contributed by atoms with Crippen LogP contribution in [0.2, 0.25) is 0 Å². The second-order valence-electron chi connectivity index (χ2n) is 28.4. The van der Waals surface area contributed by atoms with E-state index in [9.17, 15) is 10.2 Å². The molecule has 0 saturated heterocycles. The summed E-state index contributed by atoms with van der Waals surface area (Å²) in [5, 5.41) is 24.3. The van der Waals surface area contributed by atoms with Crippen molar-refractivity contribution in [3.63, 3.8) is 0 Å². The largest absolute Gasteiger partial charge is 0.496 e. The highest BCUT2D eigenvalue weighted by Gasteiger charge is 2.31. The quantitative estimate of drug-likeness (QED) is 0.0515. The zero-order valence-corrected chi connectivity index (χ0v) is 66.3. The molecule has 0 saturated carbocycles. The van der Waals surface area contributed by atoms with Gasteiger partial charge in [-0.05, 0) is 193 Å². The lowest BCUT2D eigenvalue weighted by Gasteiger charge is -2.32. The lowest BCUT2D eigenvalue weighted by molar-refractivity contribution is 0.0362. The van der Waals surface area contributed by atoms with Crippen LogP contribution < -0.4 is 41.1 Å². The summed E-state index contributed by atoms with van der Waals surface area (Å²) in [6, 6.07) is 88.9. The van der Waals surface area contributed by atoms with Gasteiger partial charge in [0, 0.05) is 52.0 Å². The zero-order chi connectivity index (χ0) is 75.3. The van der Waals surface area contributed by atoms with Crippen molar-refractivity contribution >= 4 is 60.0 Å². The minimum atomic E-state index is -0.489. The van der Waals surface area contributed by atoms with E-state index < -0.39 is 22.1 Å². The number of hydrogen-bond acceptors (Lipinski definition) is 9. The van der Waals surface area contributed by atoms with Gasteiger partial charge in [-0.1, -0.05) is 287 Å². The van der Waals surface area contributed by atoms with Gasteiger partial charge in [-0.3, -0.25) is 4.99 Å². The molecule has 12 rings (SSSR count). The number of allylic oxidation sites excluding steroid dienone is 2. The Morgan fingerprint density at radius 1 is 0.533 bits per heavy atom. The molecule has 0 amide bonds. The number of aliphatic hydroxyl groups is 2. The summed E-state index contributed by atoms with van der Waals surface area (Å²) >= 11 is 0. The fourth-order valence-corrected chi connectivity index (χ4v) is 19.6. The number of amidine groups is 1. The lowest BCUT2D eigenvalue weighted by Crippen LogP contribution is -2.26. The molecule has 0 spiro atoms. The average Bonchev–Trinajstić information content (AvgIpc) is 1.76. The third-order valence-electron chi connectivity index (χ3n) is 18.6. The summed E-state index contributed by atoms with van der Waals surface area (Å²) in [6.07, 6.45) is 2.89. The Labute approximate surface area is 629 Å². The number of hydrogen-bond donors (Lipinski definition) is 3. The van der Waals surface area contributed by atoms with Crippen molar-refractivity contribution in [2.45, 2.75) is 146 Å². The molecular formula is C94H106N4O5P2. The Balaban J connectivity index is 0.000000166. The Morgan fingerprint density at radius 2 is 0.933 bits per heavy atom. The molecule has 542 valence electrons. The van der Waals surface area contributed by atoms with E-state index in [1.54, 1.807) is 31.4 Å². The van der Waals surface area contributed by atoms with Crippen molar-refractivity contribution in [2.75, 3.05) is 19.1 Å². The zero-order valence-electron chi connectivity index (χ0n) is 64.5. The van der Waals surface area contributed by atoms with Gasteiger partial charge in [-0.25, -0.2) is 15.3 Å². The molecule has 3 N–H and O–H groups in total. The molecule has 11 aromatic carbocycles. The molecule has 1 aliphatic heterocycles. The van der Waals surface area contributed by atoms with Crippen molar-refractivity contribution in [1.82, 2.24) is 5.48 Å². The number of aryl methyl sites for hydroxylation is 8. The summed E-state index contributed by atoms with van der Waals surface area (Å²) in [5.41, 5.74) is 25.6. The number of rotatable bonds is 20. The van der Waals surface area contributed by atoms with Gasteiger partial charge in [0.15, 0.2) is 5.84 Å². The highest BCUT2D eigenvalue weighted by atomic mass is 31.1. The molecule has 11 aromatic rings. The van der Waals surface area contributed by atoms with E-state index >= 15 is 0 Å². The normalized spacial score (nSPS) is 13.4. The second-order valence-corrected chi connectivity index (χ2v) is 33.7. The first-order valence-electron chi connectivity index (χ1n) is 36.3. The van der Waals surface area contributed by atoms with Gasteiger partial charge in [0.1, 0.15) is 17.2 Å².